The molecule has 7 heteroatoms. The molecule has 1 N–H and O–H groups in total. The molecule has 1 aliphatic heterocycles. The monoisotopic (exact) mass is 213 g/mol. The van der Waals surface area contributed by atoms with Crippen molar-refractivity contribution in [3.8, 4) is 5.88 Å². The molecule has 82 valence electrons. The number of nitrogens with zero attached hydrogens (tertiary/aromatic N) is 2. The second-order valence-corrected chi connectivity index (χ2v) is 3.17. The van der Waals surface area contributed by atoms with Gasteiger partial charge in [0.05, 0.1) is 19.6 Å². The summed E-state index contributed by atoms with van der Waals surface area (Å²) in [4.78, 5) is 11.6. The first kappa shape index (κ1) is 9.91. The maximum Gasteiger partial charge on any atom is 0.300 e. The Morgan fingerprint density at radius 1 is 1.60 bits per heavy atom. The highest BCUT2D eigenvalue weighted by Gasteiger charge is 2.25. The van der Waals surface area contributed by atoms with E-state index >= 15 is 0 Å². The van der Waals surface area contributed by atoms with Gasteiger partial charge in [-0.05, 0) is 16.7 Å². The van der Waals surface area contributed by atoms with Gasteiger partial charge in [-0.1, -0.05) is 0 Å². The summed E-state index contributed by atoms with van der Waals surface area (Å²) >= 11 is 0. The van der Waals surface area contributed by atoms with Crippen molar-refractivity contribution in [2.75, 3.05) is 25.6 Å². The van der Waals surface area contributed by atoms with Gasteiger partial charge in [-0.3, -0.25) is 4.79 Å². The highest BCUT2D eigenvalue weighted by atomic mass is 16.6. The summed E-state index contributed by atoms with van der Waals surface area (Å²) in [6.45, 7) is 1.06. The van der Waals surface area contributed by atoms with E-state index in [1.807, 2.05) is 0 Å². The van der Waals surface area contributed by atoms with E-state index in [0.717, 1.165) is 6.42 Å². The maximum absolute atomic E-state index is 11.6. The molecule has 0 saturated carbocycles. The number of aromatic nitrogens is 2. The maximum atomic E-state index is 11.6. The zero-order chi connectivity index (χ0) is 10.7. The third kappa shape index (κ3) is 2.07. The van der Waals surface area contributed by atoms with Crippen LogP contribution in [0.1, 0.15) is 6.42 Å². The normalized spacial score (nSPS) is 20.2. The molecule has 1 saturated heterocycles. The highest BCUT2D eigenvalue weighted by molar-refractivity contribution is 5.92. The van der Waals surface area contributed by atoms with Gasteiger partial charge < -0.3 is 14.8 Å². The summed E-state index contributed by atoms with van der Waals surface area (Å²) in [6.07, 6.45) is 0.722. The van der Waals surface area contributed by atoms with Crippen LogP contribution in [0.15, 0.2) is 4.63 Å². The molecule has 1 aromatic rings. The predicted molar refractivity (Wildman–Crippen MR) is 48.4 cm³/mol. The van der Waals surface area contributed by atoms with Crippen LogP contribution in [0.2, 0.25) is 0 Å². The zero-order valence-corrected chi connectivity index (χ0v) is 8.23. The van der Waals surface area contributed by atoms with E-state index in [1.165, 1.54) is 7.11 Å². The fourth-order valence-corrected chi connectivity index (χ4v) is 1.35. The molecule has 1 aromatic heterocycles. The molecule has 15 heavy (non-hydrogen) atoms. The van der Waals surface area contributed by atoms with Gasteiger partial charge in [-0.2, -0.15) is 0 Å². The van der Waals surface area contributed by atoms with Crippen LogP contribution in [-0.4, -0.2) is 36.5 Å². The minimum Gasteiger partial charge on any atom is -0.476 e. The van der Waals surface area contributed by atoms with Gasteiger partial charge in [0.25, 0.3) is 0 Å². The first-order valence-corrected chi connectivity index (χ1v) is 4.56. The molecule has 1 fully saturated rings. The Morgan fingerprint density at radius 2 is 2.47 bits per heavy atom. The fraction of sp³-hybridized carbons (Fsp3) is 0.625. The van der Waals surface area contributed by atoms with Crippen molar-refractivity contribution in [3.63, 3.8) is 0 Å². The third-order valence-corrected chi connectivity index (χ3v) is 2.19. The largest absolute Gasteiger partial charge is 0.476 e. The topological polar surface area (TPSA) is 86.5 Å². The lowest BCUT2D eigenvalue weighted by atomic mass is 10.1. The standard InChI is InChI=1S/C8H11N3O4/c1-13-8-6(10-15-11-8)9-7(12)5-2-3-14-4-5/h5H,2-4H2,1H3,(H,9,10,12). The molecule has 1 amide bonds. The molecule has 0 spiro atoms. The first-order chi connectivity index (χ1) is 7.31. The lowest BCUT2D eigenvalue weighted by molar-refractivity contribution is -0.119. The number of carbonyl (C=O) groups excluding carboxylic acids is 1. The number of hydrogen-bond donors (Lipinski definition) is 1. The van der Waals surface area contributed by atoms with Crippen LogP contribution in [0.25, 0.3) is 0 Å². The van der Waals surface area contributed by atoms with E-state index in [-0.39, 0.29) is 23.5 Å². The second-order valence-electron chi connectivity index (χ2n) is 3.17. The van der Waals surface area contributed by atoms with Crippen molar-refractivity contribution in [3.05, 3.63) is 0 Å². The molecule has 0 aromatic carbocycles. The summed E-state index contributed by atoms with van der Waals surface area (Å²) in [7, 11) is 1.42. The van der Waals surface area contributed by atoms with Crippen molar-refractivity contribution in [1.29, 1.82) is 0 Å². The number of amides is 1. The molecule has 1 atom stereocenters. The van der Waals surface area contributed by atoms with E-state index < -0.39 is 0 Å². The van der Waals surface area contributed by atoms with Gasteiger partial charge >= 0.3 is 5.88 Å². The minimum atomic E-state index is -0.151. The van der Waals surface area contributed by atoms with Crippen molar-refractivity contribution in [2.45, 2.75) is 6.42 Å². The van der Waals surface area contributed by atoms with Gasteiger partial charge in [0, 0.05) is 6.61 Å². The molecule has 7 nitrogen and oxygen atoms in total. The molecule has 0 radical (unpaired) electrons. The second kappa shape index (κ2) is 4.26. The Morgan fingerprint density at radius 3 is 3.13 bits per heavy atom. The number of ether oxygens (including phenoxy) is 2. The summed E-state index contributed by atoms with van der Waals surface area (Å²) in [5, 5.41) is 9.55. The van der Waals surface area contributed by atoms with Crippen LogP contribution < -0.4 is 10.1 Å². The number of methoxy groups -OCH3 is 1. The molecule has 0 aliphatic carbocycles. The first-order valence-electron chi connectivity index (χ1n) is 4.56. The van der Waals surface area contributed by atoms with Crippen molar-refractivity contribution >= 4 is 11.7 Å². The van der Waals surface area contributed by atoms with Crippen LogP contribution in [0, 0.1) is 5.92 Å². The number of hydrogen-bond acceptors (Lipinski definition) is 6. The minimum absolute atomic E-state index is 0.133. The van der Waals surface area contributed by atoms with E-state index in [4.69, 9.17) is 9.47 Å². The van der Waals surface area contributed by atoms with Gasteiger partial charge in [0.2, 0.25) is 11.7 Å². The van der Waals surface area contributed by atoms with Crippen LogP contribution >= 0.6 is 0 Å². The van der Waals surface area contributed by atoms with Crippen LogP contribution in [0.4, 0.5) is 5.82 Å². The van der Waals surface area contributed by atoms with Crippen LogP contribution in [0.5, 0.6) is 5.88 Å². The van der Waals surface area contributed by atoms with Crippen molar-refractivity contribution < 1.29 is 18.9 Å². The number of nitrogens with one attached hydrogen (secondary N) is 1. The molecular formula is C8H11N3O4. The van der Waals surface area contributed by atoms with Gasteiger partial charge in [0.1, 0.15) is 0 Å². The molecular weight excluding hydrogens is 202 g/mol. The van der Waals surface area contributed by atoms with Crippen molar-refractivity contribution in [1.82, 2.24) is 10.3 Å². The average Bonchev–Trinajstić information content (AvgIpc) is 2.87. The molecule has 0 bridgehead atoms. The molecule has 2 rings (SSSR count). The Hall–Kier alpha value is -1.63. The van der Waals surface area contributed by atoms with E-state index in [1.54, 1.807) is 0 Å². The van der Waals surface area contributed by atoms with E-state index in [9.17, 15) is 4.79 Å². The predicted octanol–water partition coefficient (Wildman–Crippen LogP) is 0.0532. The lowest BCUT2D eigenvalue weighted by Crippen LogP contribution is -2.23. The number of anilines is 1. The fourth-order valence-electron chi connectivity index (χ4n) is 1.35. The smallest absolute Gasteiger partial charge is 0.300 e. The Labute approximate surface area is 85.7 Å². The molecule has 2 heterocycles. The summed E-state index contributed by atoms with van der Waals surface area (Å²) in [5.41, 5.74) is 0. The quantitative estimate of drug-likeness (QED) is 0.763. The summed E-state index contributed by atoms with van der Waals surface area (Å²) < 4.78 is 14.4. The highest BCUT2D eigenvalue weighted by Crippen LogP contribution is 2.20. The van der Waals surface area contributed by atoms with E-state index in [2.05, 4.69) is 20.3 Å². The SMILES string of the molecule is COc1nonc1NC(=O)C1CCOC1. The third-order valence-electron chi connectivity index (χ3n) is 2.19. The van der Waals surface area contributed by atoms with Crippen molar-refractivity contribution in [2.24, 2.45) is 5.92 Å². The average molecular weight is 213 g/mol. The zero-order valence-electron chi connectivity index (χ0n) is 8.23. The summed E-state index contributed by atoms with van der Waals surface area (Å²) in [5.74, 6) is 0.0876. The number of rotatable bonds is 3. The Balaban J connectivity index is 1.98. The van der Waals surface area contributed by atoms with Gasteiger partial charge in [0.15, 0.2) is 0 Å². The summed E-state index contributed by atoms with van der Waals surface area (Å²) in [6, 6.07) is 0. The van der Waals surface area contributed by atoms with E-state index in [0.29, 0.717) is 13.2 Å². The van der Waals surface area contributed by atoms with Crippen LogP contribution in [-0.2, 0) is 9.53 Å². The Kier molecular flexibility index (Phi) is 2.82. The Bertz CT molecular complexity index is 345. The lowest BCUT2D eigenvalue weighted by Gasteiger charge is -2.06. The van der Waals surface area contributed by atoms with Gasteiger partial charge in [-0.25, -0.2) is 4.63 Å². The van der Waals surface area contributed by atoms with Crippen LogP contribution in [0.3, 0.4) is 0 Å². The molecule has 1 aliphatic rings. The number of carbonyl (C=O) groups is 1. The van der Waals surface area contributed by atoms with Gasteiger partial charge in [-0.15, -0.1) is 0 Å². The molecule has 1 unspecified atom stereocenters.